The van der Waals surface area contributed by atoms with Crippen LogP contribution in [0, 0.1) is 54.1 Å². The summed E-state index contributed by atoms with van der Waals surface area (Å²) in [4.78, 5) is 8.46. The van der Waals surface area contributed by atoms with Crippen LogP contribution >= 0.6 is 45.2 Å². The maximum absolute atomic E-state index is 12.6. The van der Waals surface area contributed by atoms with Crippen LogP contribution in [0.1, 0.15) is 11.1 Å². The third-order valence-corrected chi connectivity index (χ3v) is 6.84. The first kappa shape index (κ1) is 25.9. The summed E-state index contributed by atoms with van der Waals surface area (Å²) in [5.74, 6) is 6.66. The first-order chi connectivity index (χ1) is 17.4. The fraction of sp³-hybridized carbons (Fsp3) is 0. The van der Waals surface area contributed by atoms with E-state index in [-0.39, 0.29) is 0 Å². The van der Waals surface area contributed by atoms with Crippen molar-refractivity contribution in [3.63, 3.8) is 0 Å². The van der Waals surface area contributed by atoms with E-state index in [4.69, 9.17) is 0 Å². The quantitative estimate of drug-likeness (QED) is 0.0545. The van der Waals surface area contributed by atoms with Crippen molar-refractivity contribution in [2.24, 2.45) is 0 Å². The molecule has 5 aromatic rings. The van der Waals surface area contributed by atoms with Gasteiger partial charge in [-0.25, -0.2) is 17.6 Å². The number of halogens is 6. The zero-order valence-electron chi connectivity index (χ0n) is 18.1. The molecule has 0 aliphatic rings. The smallest absolute Gasteiger partial charge is 0.176 e. The summed E-state index contributed by atoms with van der Waals surface area (Å²) >= 11 is 2.41. The van der Waals surface area contributed by atoms with E-state index in [0.717, 1.165) is 32.7 Å². The SMILES string of the molecule is C(C#Cc1cncc2ccccc12)#Cc1cncc2ccccc12.Fc1c(F)c(I)c(F)c(F)c1I. The maximum Gasteiger partial charge on any atom is 0.176 e. The Hall–Kier alpha value is -3.22. The second kappa shape index (κ2) is 11.7. The number of hydrogen-bond donors (Lipinski definition) is 0. The van der Waals surface area contributed by atoms with E-state index in [1.54, 1.807) is 12.4 Å². The number of fused-ring (bicyclic) bond motifs is 2. The van der Waals surface area contributed by atoms with Gasteiger partial charge in [-0.15, -0.1) is 0 Å². The summed E-state index contributed by atoms with van der Waals surface area (Å²) in [6.45, 7) is 0. The van der Waals surface area contributed by atoms with E-state index in [1.807, 2.05) is 60.9 Å². The monoisotopic (exact) mass is 706 g/mol. The Labute approximate surface area is 231 Å². The van der Waals surface area contributed by atoms with Crippen LogP contribution in [-0.2, 0) is 0 Å². The van der Waals surface area contributed by atoms with Gasteiger partial charge in [0.15, 0.2) is 23.3 Å². The molecule has 2 nitrogen and oxygen atoms in total. The Morgan fingerprint density at radius 1 is 0.528 bits per heavy atom. The molecule has 0 radical (unpaired) electrons. The molecular formula is C28H12F4I2N2. The third-order valence-electron chi connectivity index (χ3n) is 4.95. The highest BCUT2D eigenvalue weighted by Crippen LogP contribution is 2.26. The molecule has 0 atom stereocenters. The lowest BCUT2D eigenvalue weighted by atomic mass is 10.1. The number of benzene rings is 3. The summed E-state index contributed by atoms with van der Waals surface area (Å²) in [5.41, 5.74) is 1.77. The average Bonchev–Trinajstić information content (AvgIpc) is 2.92. The second-order valence-electron chi connectivity index (χ2n) is 7.20. The predicted octanol–water partition coefficient (Wildman–Crippen LogP) is 7.64. The predicted molar refractivity (Wildman–Crippen MR) is 149 cm³/mol. The van der Waals surface area contributed by atoms with Crippen molar-refractivity contribution in [1.29, 1.82) is 0 Å². The van der Waals surface area contributed by atoms with Crippen LogP contribution < -0.4 is 0 Å². The van der Waals surface area contributed by atoms with Gasteiger partial charge in [0, 0.05) is 46.3 Å². The highest BCUT2D eigenvalue weighted by molar-refractivity contribution is 14.1. The van der Waals surface area contributed by atoms with Crippen LogP contribution in [0.5, 0.6) is 0 Å². The lowest BCUT2D eigenvalue weighted by Gasteiger charge is -2.02. The molecule has 0 amide bonds. The van der Waals surface area contributed by atoms with E-state index in [0.29, 0.717) is 0 Å². The van der Waals surface area contributed by atoms with Crippen LogP contribution in [0.3, 0.4) is 0 Å². The van der Waals surface area contributed by atoms with Crippen LogP contribution in [0.15, 0.2) is 73.3 Å². The normalized spacial score (nSPS) is 10.1. The summed E-state index contributed by atoms with van der Waals surface area (Å²) < 4.78 is 49.2. The topological polar surface area (TPSA) is 25.8 Å². The van der Waals surface area contributed by atoms with Gasteiger partial charge >= 0.3 is 0 Å². The molecule has 0 aliphatic heterocycles. The molecule has 176 valence electrons. The van der Waals surface area contributed by atoms with Crippen molar-refractivity contribution in [2.75, 3.05) is 0 Å². The lowest BCUT2D eigenvalue weighted by molar-refractivity contribution is 0.437. The number of aromatic nitrogens is 2. The van der Waals surface area contributed by atoms with Crippen LogP contribution in [0.25, 0.3) is 21.5 Å². The van der Waals surface area contributed by atoms with Gasteiger partial charge in [-0.2, -0.15) is 0 Å². The molecule has 2 heterocycles. The zero-order valence-corrected chi connectivity index (χ0v) is 22.4. The summed E-state index contributed by atoms with van der Waals surface area (Å²) in [6.07, 6.45) is 7.23. The lowest BCUT2D eigenvalue weighted by Crippen LogP contribution is -2.02. The van der Waals surface area contributed by atoms with Gasteiger partial charge in [0.25, 0.3) is 0 Å². The maximum atomic E-state index is 12.6. The minimum atomic E-state index is -1.35. The van der Waals surface area contributed by atoms with E-state index in [1.165, 1.54) is 45.2 Å². The standard InChI is InChI=1S/C22H12N2.C6F4I2/c1(7-17-13-23-15-19-9-3-5-11-21(17)19)2-8-18-14-24-16-20-10-4-6-12-22(18)20;7-1-2(8)6(12)4(10)3(9)5(1)11/h3-6,9-16H;. The first-order valence-corrected chi connectivity index (χ1v) is 12.4. The van der Waals surface area contributed by atoms with E-state index in [2.05, 4.69) is 33.6 Å². The Balaban J connectivity index is 0.000000214. The molecule has 0 saturated heterocycles. The van der Waals surface area contributed by atoms with Crippen LogP contribution in [-0.4, -0.2) is 9.97 Å². The van der Waals surface area contributed by atoms with Gasteiger partial charge in [-0.3, -0.25) is 9.97 Å². The molecule has 0 N–H and O–H groups in total. The molecule has 0 aliphatic carbocycles. The van der Waals surface area contributed by atoms with Gasteiger partial charge in [0.1, 0.15) is 0 Å². The van der Waals surface area contributed by atoms with Crippen molar-refractivity contribution in [3.05, 3.63) is 115 Å². The molecule has 0 spiro atoms. The molecule has 3 aromatic carbocycles. The number of pyridine rings is 2. The van der Waals surface area contributed by atoms with Crippen molar-refractivity contribution >= 4 is 66.7 Å². The Morgan fingerprint density at radius 3 is 1.28 bits per heavy atom. The molecule has 0 bridgehead atoms. The Morgan fingerprint density at radius 2 is 0.889 bits per heavy atom. The minimum Gasteiger partial charge on any atom is -0.263 e. The van der Waals surface area contributed by atoms with Crippen molar-refractivity contribution in [1.82, 2.24) is 9.97 Å². The number of rotatable bonds is 0. The highest BCUT2D eigenvalue weighted by atomic mass is 127. The van der Waals surface area contributed by atoms with Crippen molar-refractivity contribution < 1.29 is 17.6 Å². The van der Waals surface area contributed by atoms with Gasteiger partial charge < -0.3 is 0 Å². The fourth-order valence-corrected chi connectivity index (χ4v) is 4.15. The van der Waals surface area contributed by atoms with Crippen LogP contribution in [0.4, 0.5) is 17.6 Å². The van der Waals surface area contributed by atoms with E-state index < -0.39 is 30.4 Å². The largest absolute Gasteiger partial charge is 0.263 e. The van der Waals surface area contributed by atoms with Gasteiger partial charge in [0.2, 0.25) is 0 Å². The van der Waals surface area contributed by atoms with Crippen molar-refractivity contribution in [3.8, 4) is 23.7 Å². The fourth-order valence-electron chi connectivity index (χ4n) is 3.21. The second-order valence-corrected chi connectivity index (χ2v) is 9.36. The molecule has 0 unspecified atom stereocenters. The molecule has 0 saturated carbocycles. The molecule has 8 heteroatoms. The van der Waals surface area contributed by atoms with Gasteiger partial charge in [-0.1, -0.05) is 60.4 Å². The first-order valence-electron chi connectivity index (χ1n) is 10.2. The number of hydrogen-bond acceptors (Lipinski definition) is 2. The Kier molecular flexibility index (Phi) is 8.39. The summed E-state index contributed by atoms with van der Waals surface area (Å²) in [7, 11) is 0. The number of nitrogens with zero attached hydrogens (tertiary/aromatic N) is 2. The average molecular weight is 706 g/mol. The van der Waals surface area contributed by atoms with Crippen molar-refractivity contribution in [2.45, 2.75) is 0 Å². The minimum absolute atomic E-state index is 0.664. The van der Waals surface area contributed by atoms with Gasteiger partial charge in [-0.05, 0) is 57.0 Å². The summed E-state index contributed by atoms with van der Waals surface area (Å²) in [5, 5.41) is 4.34. The zero-order chi connectivity index (χ0) is 25.7. The van der Waals surface area contributed by atoms with E-state index >= 15 is 0 Å². The molecule has 36 heavy (non-hydrogen) atoms. The summed E-state index contributed by atoms with van der Waals surface area (Å²) in [6, 6.07) is 16.1. The molecule has 2 aromatic heterocycles. The molecule has 0 fully saturated rings. The molecular weight excluding hydrogens is 694 g/mol. The highest BCUT2D eigenvalue weighted by Gasteiger charge is 2.21. The molecule has 5 rings (SSSR count). The third kappa shape index (κ3) is 5.61. The van der Waals surface area contributed by atoms with E-state index in [9.17, 15) is 17.6 Å². The Bertz CT molecular complexity index is 1520. The van der Waals surface area contributed by atoms with Gasteiger partial charge in [0.05, 0.1) is 18.3 Å². The van der Waals surface area contributed by atoms with Crippen LogP contribution in [0.2, 0.25) is 0 Å².